The molecule has 1 unspecified atom stereocenters. The minimum atomic E-state index is -0.170. The molecule has 0 aliphatic carbocycles. The monoisotopic (exact) mass is 211 g/mol. The summed E-state index contributed by atoms with van der Waals surface area (Å²) in [6.07, 6.45) is 0.599. The fraction of sp³-hybridized carbons (Fsp3) is 0.455. The molecule has 3 N–H and O–H groups in total. The second kappa shape index (κ2) is 5.80. The fourth-order valence-corrected chi connectivity index (χ4v) is 1.55. The van der Waals surface area contributed by atoms with Crippen molar-refractivity contribution in [1.29, 1.82) is 0 Å². The topological polar surface area (TPSA) is 41.3 Å². The lowest BCUT2D eigenvalue weighted by molar-refractivity contribution is 0.336. The van der Waals surface area contributed by atoms with Crippen LogP contribution in [0.1, 0.15) is 5.56 Å². The van der Waals surface area contributed by atoms with Crippen LogP contribution in [-0.2, 0) is 6.42 Å². The first-order valence-electron chi connectivity index (χ1n) is 4.97. The summed E-state index contributed by atoms with van der Waals surface area (Å²) in [6, 6.07) is 6.85. The molecule has 0 aliphatic rings. The van der Waals surface area contributed by atoms with Crippen LogP contribution in [0.4, 0.5) is 4.39 Å². The molecule has 84 valence electrons. The maximum absolute atomic E-state index is 13.3. The molecule has 1 aromatic rings. The smallest absolute Gasteiger partial charge is 0.126 e. The van der Waals surface area contributed by atoms with Crippen LogP contribution in [0, 0.1) is 5.82 Å². The average Bonchev–Trinajstić information content (AvgIpc) is 2.19. The SMILES string of the molecule is CN(C)CC(Cc1ccccc1F)NN. The molecule has 1 aromatic carbocycles. The van der Waals surface area contributed by atoms with Crippen molar-refractivity contribution in [2.24, 2.45) is 5.84 Å². The summed E-state index contributed by atoms with van der Waals surface area (Å²) in [7, 11) is 3.93. The Balaban J connectivity index is 2.62. The highest BCUT2D eigenvalue weighted by molar-refractivity contribution is 5.18. The second-order valence-electron chi connectivity index (χ2n) is 3.92. The summed E-state index contributed by atoms with van der Waals surface area (Å²) in [4.78, 5) is 2.02. The lowest BCUT2D eigenvalue weighted by Crippen LogP contribution is -2.43. The largest absolute Gasteiger partial charge is 0.308 e. The molecule has 0 radical (unpaired) electrons. The van der Waals surface area contributed by atoms with E-state index in [1.165, 1.54) is 6.07 Å². The van der Waals surface area contributed by atoms with Crippen LogP contribution in [-0.4, -0.2) is 31.6 Å². The molecule has 0 bridgehead atoms. The van der Waals surface area contributed by atoms with Gasteiger partial charge in [-0.3, -0.25) is 11.3 Å². The van der Waals surface area contributed by atoms with E-state index in [-0.39, 0.29) is 11.9 Å². The number of benzene rings is 1. The van der Waals surface area contributed by atoms with Crippen LogP contribution >= 0.6 is 0 Å². The molecule has 0 heterocycles. The molecular formula is C11H18FN3. The molecule has 0 fully saturated rings. The fourth-order valence-electron chi connectivity index (χ4n) is 1.55. The minimum absolute atomic E-state index is 0.0666. The zero-order valence-corrected chi connectivity index (χ0v) is 9.20. The summed E-state index contributed by atoms with van der Waals surface area (Å²) < 4.78 is 13.3. The van der Waals surface area contributed by atoms with Gasteiger partial charge in [0.15, 0.2) is 0 Å². The van der Waals surface area contributed by atoms with Gasteiger partial charge < -0.3 is 4.90 Å². The number of nitrogens with two attached hydrogens (primary N) is 1. The van der Waals surface area contributed by atoms with Crippen molar-refractivity contribution in [1.82, 2.24) is 10.3 Å². The maximum Gasteiger partial charge on any atom is 0.126 e. The van der Waals surface area contributed by atoms with Crippen LogP contribution in [0.2, 0.25) is 0 Å². The van der Waals surface area contributed by atoms with Gasteiger partial charge in [-0.1, -0.05) is 18.2 Å². The summed E-state index contributed by atoms with van der Waals surface area (Å²) in [6.45, 7) is 0.783. The van der Waals surface area contributed by atoms with E-state index in [1.807, 2.05) is 25.1 Å². The number of nitrogens with one attached hydrogen (secondary N) is 1. The van der Waals surface area contributed by atoms with Crippen molar-refractivity contribution < 1.29 is 4.39 Å². The van der Waals surface area contributed by atoms with E-state index >= 15 is 0 Å². The summed E-state index contributed by atoms with van der Waals surface area (Å²) >= 11 is 0. The number of hydrogen-bond donors (Lipinski definition) is 2. The molecule has 0 aliphatic heterocycles. The first-order valence-corrected chi connectivity index (χ1v) is 4.97. The van der Waals surface area contributed by atoms with Crippen LogP contribution in [0.15, 0.2) is 24.3 Å². The molecule has 1 rings (SSSR count). The lowest BCUT2D eigenvalue weighted by atomic mass is 10.1. The van der Waals surface area contributed by atoms with Gasteiger partial charge in [0.05, 0.1) is 0 Å². The molecule has 4 heteroatoms. The lowest BCUT2D eigenvalue weighted by Gasteiger charge is -2.20. The van der Waals surface area contributed by atoms with Crippen LogP contribution in [0.25, 0.3) is 0 Å². The van der Waals surface area contributed by atoms with Crippen LogP contribution in [0.5, 0.6) is 0 Å². The third kappa shape index (κ3) is 3.95. The van der Waals surface area contributed by atoms with Crippen molar-refractivity contribution in [3.63, 3.8) is 0 Å². The van der Waals surface area contributed by atoms with E-state index in [0.29, 0.717) is 12.0 Å². The van der Waals surface area contributed by atoms with Crippen molar-refractivity contribution >= 4 is 0 Å². The quantitative estimate of drug-likeness (QED) is 0.558. The van der Waals surface area contributed by atoms with E-state index < -0.39 is 0 Å². The first kappa shape index (κ1) is 12.1. The van der Waals surface area contributed by atoms with Gasteiger partial charge in [0, 0.05) is 12.6 Å². The molecule has 0 saturated carbocycles. The Morgan fingerprint density at radius 3 is 2.60 bits per heavy atom. The average molecular weight is 211 g/mol. The molecule has 0 amide bonds. The highest BCUT2D eigenvalue weighted by Crippen LogP contribution is 2.09. The molecule has 0 spiro atoms. The zero-order chi connectivity index (χ0) is 11.3. The summed E-state index contributed by atoms with van der Waals surface area (Å²) in [5.41, 5.74) is 3.40. The third-order valence-electron chi connectivity index (χ3n) is 2.25. The van der Waals surface area contributed by atoms with Gasteiger partial charge in [-0.2, -0.15) is 0 Å². The second-order valence-corrected chi connectivity index (χ2v) is 3.92. The zero-order valence-electron chi connectivity index (χ0n) is 9.20. The Labute approximate surface area is 90.0 Å². The highest BCUT2D eigenvalue weighted by Gasteiger charge is 2.11. The predicted molar refractivity (Wildman–Crippen MR) is 59.8 cm³/mol. The number of halogens is 1. The summed E-state index contributed by atoms with van der Waals surface area (Å²) in [5.74, 6) is 5.25. The Kier molecular flexibility index (Phi) is 4.68. The number of hydrogen-bond acceptors (Lipinski definition) is 3. The molecule has 3 nitrogen and oxygen atoms in total. The van der Waals surface area contributed by atoms with Gasteiger partial charge in [0.2, 0.25) is 0 Å². The maximum atomic E-state index is 13.3. The Morgan fingerprint density at radius 2 is 2.07 bits per heavy atom. The molecular weight excluding hydrogens is 193 g/mol. The van der Waals surface area contributed by atoms with Crippen molar-refractivity contribution in [2.45, 2.75) is 12.5 Å². The van der Waals surface area contributed by atoms with Gasteiger partial charge in [-0.05, 0) is 32.1 Å². The Bertz CT molecular complexity index is 302. The molecule has 15 heavy (non-hydrogen) atoms. The van der Waals surface area contributed by atoms with E-state index in [9.17, 15) is 4.39 Å². The molecule has 1 atom stereocenters. The predicted octanol–water partition coefficient (Wildman–Crippen LogP) is 0.762. The van der Waals surface area contributed by atoms with E-state index in [0.717, 1.165) is 6.54 Å². The molecule has 0 aromatic heterocycles. The Morgan fingerprint density at radius 1 is 1.40 bits per heavy atom. The van der Waals surface area contributed by atoms with Gasteiger partial charge in [-0.25, -0.2) is 4.39 Å². The number of rotatable bonds is 5. The van der Waals surface area contributed by atoms with Crippen molar-refractivity contribution in [2.75, 3.05) is 20.6 Å². The number of nitrogens with zero attached hydrogens (tertiary/aromatic N) is 1. The van der Waals surface area contributed by atoms with Gasteiger partial charge in [-0.15, -0.1) is 0 Å². The number of hydrazine groups is 1. The summed E-state index contributed by atoms with van der Waals surface area (Å²) in [5, 5.41) is 0. The van der Waals surface area contributed by atoms with Gasteiger partial charge in [0.25, 0.3) is 0 Å². The first-order chi connectivity index (χ1) is 7.13. The third-order valence-corrected chi connectivity index (χ3v) is 2.25. The minimum Gasteiger partial charge on any atom is -0.308 e. The van der Waals surface area contributed by atoms with Gasteiger partial charge in [0.1, 0.15) is 5.82 Å². The highest BCUT2D eigenvalue weighted by atomic mass is 19.1. The van der Waals surface area contributed by atoms with Gasteiger partial charge >= 0.3 is 0 Å². The molecule has 0 saturated heterocycles. The standard InChI is InChI=1S/C11H18FN3/c1-15(2)8-10(14-13)7-9-5-3-4-6-11(9)12/h3-6,10,14H,7-8,13H2,1-2H3. The number of likely N-dealkylation sites (N-methyl/N-ethyl adjacent to an activating group) is 1. The normalized spacial score (nSPS) is 13.1. The Hall–Kier alpha value is -0.970. The van der Waals surface area contributed by atoms with E-state index in [1.54, 1.807) is 12.1 Å². The van der Waals surface area contributed by atoms with Crippen molar-refractivity contribution in [3.8, 4) is 0 Å². The van der Waals surface area contributed by atoms with E-state index in [2.05, 4.69) is 5.43 Å². The van der Waals surface area contributed by atoms with Crippen LogP contribution < -0.4 is 11.3 Å². The van der Waals surface area contributed by atoms with Crippen molar-refractivity contribution in [3.05, 3.63) is 35.6 Å². The van der Waals surface area contributed by atoms with Crippen LogP contribution in [0.3, 0.4) is 0 Å². The van der Waals surface area contributed by atoms with E-state index in [4.69, 9.17) is 5.84 Å².